The standard InChI is InChI=1S/2K.H2O4S.7H2O/c;;1-5(2,3)4;;;;;;;/h;;(H2,1,2,3,4);7*1H2/q2*+1;;;;;;;;/p-2. The Bertz CT molecular complexity index is 96.5. The van der Waals surface area contributed by atoms with Gasteiger partial charge in [0.05, 0.1) is 0 Å². The quantitative estimate of drug-likeness (QED) is 0.238. The Hall–Kier alpha value is 2.86. The molecule has 0 rings (SSSR count). The van der Waals surface area contributed by atoms with E-state index in [0.29, 0.717) is 0 Å². The van der Waals surface area contributed by atoms with E-state index in [4.69, 9.17) is 17.5 Å². The van der Waals surface area contributed by atoms with E-state index in [1.807, 2.05) is 0 Å². The fourth-order valence-corrected chi connectivity index (χ4v) is 0. The van der Waals surface area contributed by atoms with Crippen molar-refractivity contribution in [2.75, 3.05) is 0 Å². The van der Waals surface area contributed by atoms with Crippen LogP contribution in [0.5, 0.6) is 0 Å². The maximum Gasteiger partial charge on any atom is 1.00 e. The van der Waals surface area contributed by atoms with Crippen LogP contribution in [0.3, 0.4) is 0 Å². The Balaban J connectivity index is -0.00000000222. The molecule has 14 N–H and O–H groups in total. The average molecular weight is 300 g/mol. The van der Waals surface area contributed by atoms with Gasteiger partial charge in [-0.2, -0.15) is 0 Å². The van der Waals surface area contributed by atoms with Crippen molar-refractivity contribution >= 4 is 10.4 Å². The first-order chi connectivity index (χ1) is 2.00. The maximum absolute atomic E-state index is 8.52. The summed E-state index contributed by atoms with van der Waals surface area (Å²) in [6.45, 7) is 0. The number of hydrogen-bond donors (Lipinski definition) is 0. The zero-order valence-corrected chi connectivity index (χ0v) is 14.6. The Kier molecular flexibility index (Phi) is 287. The largest absolute Gasteiger partial charge is 1.00 e. The fraction of sp³-hybridized carbons (Fsp3) is 0. The van der Waals surface area contributed by atoms with E-state index in [1.165, 1.54) is 0 Å². The third-order valence-electron chi connectivity index (χ3n) is 0. The third kappa shape index (κ3) is 349. The van der Waals surface area contributed by atoms with Gasteiger partial charge in [-0.1, -0.05) is 0 Å². The van der Waals surface area contributed by atoms with Crippen LogP contribution < -0.4 is 103 Å². The zero-order valence-electron chi connectivity index (χ0n) is 7.54. The molecule has 0 atom stereocenters. The van der Waals surface area contributed by atoms with Gasteiger partial charge < -0.3 is 47.4 Å². The van der Waals surface area contributed by atoms with E-state index >= 15 is 0 Å². The molecule has 0 aromatic rings. The normalized spacial score (nSPS) is 4.14. The summed E-state index contributed by atoms with van der Waals surface area (Å²) < 4.78 is 34.1. The molecule has 0 aromatic heterocycles. The van der Waals surface area contributed by atoms with Crippen LogP contribution in [0.1, 0.15) is 0 Å². The minimum Gasteiger partial charge on any atom is -0.759 e. The van der Waals surface area contributed by atoms with Crippen LogP contribution in [-0.2, 0) is 10.4 Å². The van der Waals surface area contributed by atoms with Crippen molar-refractivity contribution in [1.29, 1.82) is 0 Å². The third-order valence-corrected chi connectivity index (χ3v) is 0. The van der Waals surface area contributed by atoms with Gasteiger partial charge in [0.1, 0.15) is 0 Å². The maximum atomic E-state index is 8.52. The molecule has 0 aromatic carbocycles. The Morgan fingerprint density at radius 1 is 0.571 bits per heavy atom. The molecule has 0 aliphatic rings. The average Bonchev–Trinajstić information content (AvgIpc) is 0.722. The van der Waals surface area contributed by atoms with Crippen molar-refractivity contribution in [3.63, 3.8) is 0 Å². The van der Waals surface area contributed by atoms with Gasteiger partial charge in [-0.15, -0.1) is 0 Å². The molecular weight excluding hydrogens is 286 g/mol. The van der Waals surface area contributed by atoms with Crippen LogP contribution >= 0.6 is 0 Å². The second-order valence-corrected chi connectivity index (χ2v) is 1.22. The molecule has 0 aliphatic heterocycles. The molecule has 0 radical (unpaired) electrons. The van der Waals surface area contributed by atoms with Gasteiger partial charge in [0, 0.05) is 10.4 Å². The van der Waals surface area contributed by atoms with E-state index in [2.05, 4.69) is 0 Å². The van der Waals surface area contributed by atoms with E-state index in [-0.39, 0.29) is 141 Å². The van der Waals surface area contributed by atoms with Crippen molar-refractivity contribution < 1.29 is 159 Å². The molecule has 0 saturated heterocycles. The Labute approximate surface area is 165 Å². The molecule has 0 unspecified atom stereocenters. The summed E-state index contributed by atoms with van der Waals surface area (Å²) >= 11 is 0. The first kappa shape index (κ1) is 90.1. The van der Waals surface area contributed by atoms with Crippen LogP contribution in [0, 0.1) is 0 Å². The van der Waals surface area contributed by atoms with Crippen LogP contribution in [0.15, 0.2) is 0 Å². The molecular formula is H14K2O11S. The van der Waals surface area contributed by atoms with Crippen molar-refractivity contribution in [3.8, 4) is 0 Å². The van der Waals surface area contributed by atoms with Gasteiger partial charge in [-0.25, -0.2) is 0 Å². The number of hydrogen-bond acceptors (Lipinski definition) is 4. The monoisotopic (exact) mass is 300 g/mol. The molecule has 0 bridgehead atoms. The molecule has 11 nitrogen and oxygen atoms in total. The Morgan fingerprint density at radius 2 is 0.571 bits per heavy atom. The van der Waals surface area contributed by atoms with Crippen LogP contribution in [0.4, 0.5) is 0 Å². The SMILES string of the molecule is O.O.O.O.O.O.O.O=S(=O)([O-])[O-].[K+].[K+]. The van der Waals surface area contributed by atoms with Gasteiger partial charge in [0.15, 0.2) is 0 Å². The minimum absolute atomic E-state index is 0. The van der Waals surface area contributed by atoms with Crippen molar-refractivity contribution in [3.05, 3.63) is 0 Å². The summed E-state index contributed by atoms with van der Waals surface area (Å²) in [6.07, 6.45) is 0. The van der Waals surface area contributed by atoms with E-state index in [9.17, 15) is 0 Å². The van der Waals surface area contributed by atoms with Gasteiger partial charge in [-0.05, 0) is 0 Å². The predicted octanol–water partition coefficient (Wildman–Crippen LogP) is -13.1. The van der Waals surface area contributed by atoms with Crippen molar-refractivity contribution in [2.45, 2.75) is 0 Å². The van der Waals surface area contributed by atoms with Crippen LogP contribution in [0.2, 0.25) is 0 Å². The Morgan fingerprint density at radius 3 is 0.571 bits per heavy atom. The molecule has 0 amide bonds. The molecule has 14 heteroatoms. The summed E-state index contributed by atoms with van der Waals surface area (Å²) in [4.78, 5) is 0. The van der Waals surface area contributed by atoms with Crippen LogP contribution in [-0.4, -0.2) is 55.9 Å². The first-order valence-electron chi connectivity index (χ1n) is 0.667. The van der Waals surface area contributed by atoms with Gasteiger partial charge >= 0.3 is 103 Å². The van der Waals surface area contributed by atoms with Crippen molar-refractivity contribution in [2.24, 2.45) is 0 Å². The molecule has 0 heterocycles. The second-order valence-electron chi connectivity index (χ2n) is 0.408. The minimum atomic E-state index is -5.17. The topological polar surface area (TPSA) is 301 Å². The summed E-state index contributed by atoms with van der Waals surface area (Å²) in [7, 11) is -5.17. The fourth-order valence-electron chi connectivity index (χ4n) is 0. The summed E-state index contributed by atoms with van der Waals surface area (Å²) in [5, 5.41) is 0. The number of rotatable bonds is 0. The van der Waals surface area contributed by atoms with E-state index in [0.717, 1.165) is 0 Å². The molecule has 88 valence electrons. The van der Waals surface area contributed by atoms with Gasteiger partial charge in [0.25, 0.3) is 0 Å². The van der Waals surface area contributed by atoms with Crippen LogP contribution in [0.25, 0.3) is 0 Å². The smallest absolute Gasteiger partial charge is 0.759 e. The molecule has 0 spiro atoms. The van der Waals surface area contributed by atoms with Gasteiger partial charge in [-0.3, -0.25) is 8.42 Å². The zero-order chi connectivity index (χ0) is 4.50. The summed E-state index contributed by atoms with van der Waals surface area (Å²) in [5.41, 5.74) is 0. The van der Waals surface area contributed by atoms with E-state index in [1.54, 1.807) is 0 Å². The van der Waals surface area contributed by atoms with Gasteiger partial charge in [0.2, 0.25) is 0 Å². The molecule has 0 aliphatic carbocycles. The molecule has 14 heavy (non-hydrogen) atoms. The first-order valence-corrected chi connectivity index (χ1v) is 2.00. The molecule has 0 fully saturated rings. The molecule has 0 saturated carbocycles. The van der Waals surface area contributed by atoms with Crippen molar-refractivity contribution in [1.82, 2.24) is 0 Å². The second kappa shape index (κ2) is 44.6. The summed E-state index contributed by atoms with van der Waals surface area (Å²) in [6, 6.07) is 0. The summed E-state index contributed by atoms with van der Waals surface area (Å²) in [5.74, 6) is 0. The predicted molar refractivity (Wildman–Crippen MR) is 35.8 cm³/mol. The van der Waals surface area contributed by atoms with E-state index < -0.39 is 10.4 Å².